The maximum atomic E-state index is 13.0. The van der Waals surface area contributed by atoms with Crippen molar-refractivity contribution < 1.29 is 32.3 Å². The molecule has 2 aliphatic rings. The second-order valence-corrected chi connectivity index (χ2v) is 10.7. The van der Waals surface area contributed by atoms with E-state index >= 15 is 0 Å². The van der Waals surface area contributed by atoms with E-state index in [4.69, 9.17) is 4.74 Å². The monoisotopic (exact) mass is 512 g/mol. The van der Waals surface area contributed by atoms with Gasteiger partial charge in [0.1, 0.15) is 5.00 Å². The molecule has 2 N–H and O–H groups in total. The van der Waals surface area contributed by atoms with Gasteiger partial charge in [0.15, 0.2) is 0 Å². The number of rotatable bonds is 5. The number of amides is 2. The number of thioether (sulfide) groups is 1. The molecule has 2 atom stereocenters. The summed E-state index contributed by atoms with van der Waals surface area (Å²) < 4.78 is 44.1. The number of carbonyl (C=O) groups excluding carboxylic acids is 3. The van der Waals surface area contributed by atoms with Crippen molar-refractivity contribution in [3.05, 3.63) is 39.8 Å². The molecule has 182 valence electrons. The van der Waals surface area contributed by atoms with Crippen LogP contribution < -0.4 is 10.6 Å². The van der Waals surface area contributed by atoms with Crippen LogP contribution >= 0.6 is 23.1 Å². The third-order valence-electron chi connectivity index (χ3n) is 5.74. The fourth-order valence-electron chi connectivity index (χ4n) is 4.07. The van der Waals surface area contributed by atoms with Crippen LogP contribution in [0.3, 0.4) is 0 Å². The molecule has 0 fully saturated rings. The number of halogens is 3. The van der Waals surface area contributed by atoms with E-state index in [1.807, 2.05) is 0 Å². The van der Waals surface area contributed by atoms with Gasteiger partial charge in [-0.15, -0.1) is 23.1 Å². The van der Waals surface area contributed by atoms with Crippen LogP contribution in [-0.4, -0.2) is 29.6 Å². The average Bonchev–Trinajstić information content (AvgIpc) is 3.10. The SMILES string of the molecule is CCOC(=O)c1c(NC(=O)C[C@@H]2Sc3ccc(C(F)(F)F)cc3NC2=O)sc2c1CC[C@@H](C)C2. The molecule has 2 aromatic rings. The van der Waals surface area contributed by atoms with E-state index in [0.717, 1.165) is 53.6 Å². The normalized spacial score (nSPS) is 19.6. The minimum atomic E-state index is -4.52. The van der Waals surface area contributed by atoms with Crippen molar-refractivity contribution in [2.75, 3.05) is 17.2 Å². The van der Waals surface area contributed by atoms with E-state index in [1.165, 1.54) is 17.4 Å². The zero-order valence-corrected chi connectivity index (χ0v) is 20.1. The average molecular weight is 513 g/mol. The first-order chi connectivity index (χ1) is 16.1. The largest absolute Gasteiger partial charge is 0.462 e. The Balaban J connectivity index is 1.50. The van der Waals surface area contributed by atoms with E-state index in [0.29, 0.717) is 21.4 Å². The highest BCUT2D eigenvalue weighted by molar-refractivity contribution is 8.01. The van der Waals surface area contributed by atoms with Gasteiger partial charge in [0.25, 0.3) is 0 Å². The first-order valence-corrected chi connectivity index (χ1v) is 12.6. The molecule has 34 heavy (non-hydrogen) atoms. The standard InChI is InChI=1S/C23H23F3N2O4S2/c1-3-32-22(31)19-13-6-4-11(2)8-16(13)34-21(19)28-18(29)10-17-20(30)27-14-9-12(23(24,25)26)5-7-15(14)33-17/h5,7,9,11,17H,3-4,6,8,10H2,1-2H3,(H,27,30)(H,28,29)/t11-,17+/m1/s1. The van der Waals surface area contributed by atoms with Gasteiger partial charge in [-0.3, -0.25) is 9.59 Å². The van der Waals surface area contributed by atoms with Gasteiger partial charge in [0.2, 0.25) is 11.8 Å². The minimum absolute atomic E-state index is 0.0751. The number of fused-ring (bicyclic) bond motifs is 2. The fraction of sp³-hybridized carbons (Fsp3) is 0.435. The lowest BCUT2D eigenvalue weighted by Gasteiger charge is -2.24. The Bertz CT molecular complexity index is 1150. The Hall–Kier alpha value is -2.53. The number of hydrogen-bond acceptors (Lipinski definition) is 6. The zero-order chi connectivity index (χ0) is 24.6. The van der Waals surface area contributed by atoms with Crippen molar-refractivity contribution in [1.82, 2.24) is 0 Å². The molecular weight excluding hydrogens is 489 g/mol. The molecule has 0 bridgehead atoms. The van der Waals surface area contributed by atoms with E-state index in [-0.39, 0.29) is 18.7 Å². The summed E-state index contributed by atoms with van der Waals surface area (Å²) in [6.45, 7) is 4.06. The molecular formula is C23H23F3N2O4S2. The van der Waals surface area contributed by atoms with E-state index < -0.39 is 34.8 Å². The predicted molar refractivity (Wildman–Crippen MR) is 124 cm³/mol. The topological polar surface area (TPSA) is 84.5 Å². The van der Waals surface area contributed by atoms with Crippen LogP contribution in [-0.2, 0) is 33.3 Å². The molecule has 4 rings (SSSR count). The van der Waals surface area contributed by atoms with Crippen molar-refractivity contribution in [2.45, 2.75) is 55.9 Å². The third-order valence-corrected chi connectivity index (χ3v) is 8.19. The van der Waals surface area contributed by atoms with Crippen LogP contribution in [0, 0.1) is 5.92 Å². The molecule has 2 heterocycles. The molecule has 1 aliphatic heterocycles. The number of hydrogen-bond donors (Lipinski definition) is 2. The number of ether oxygens (including phenoxy) is 1. The van der Waals surface area contributed by atoms with Gasteiger partial charge >= 0.3 is 12.1 Å². The van der Waals surface area contributed by atoms with Crippen LogP contribution in [0.2, 0.25) is 0 Å². The summed E-state index contributed by atoms with van der Waals surface area (Å²) in [5, 5.41) is 4.85. The van der Waals surface area contributed by atoms with Crippen LogP contribution in [0.5, 0.6) is 0 Å². The molecule has 1 aromatic heterocycles. The van der Waals surface area contributed by atoms with Crippen molar-refractivity contribution in [1.29, 1.82) is 0 Å². The molecule has 0 spiro atoms. The Morgan fingerprint density at radius 2 is 2.06 bits per heavy atom. The lowest BCUT2D eigenvalue weighted by molar-refractivity contribution is -0.137. The number of esters is 1. The molecule has 0 radical (unpaired) electrons. The van der Waals surface area contributed by atoms with Gasteiger partial charge < -0.3 is 15.4 Å². The Morgan fingerprint density at radius 1 is 1.29 bits per heavy atom. The number of benzene rings is 1. The second kappa shape index (κ2) is 9.61. The van der Waals surface area contributed by atoms with Crippen molar-refractivity contribution in [2.24, 2.45) is 5.92 Å². The van der Waals surface area contributed by atoms with Crippen LogP contribution in [0.4, 0.5) is 23.9 Å². The summed E-state index contributed by atoms with van der Waals surface area (Å²) in [6, 6.07) is 3.13. The van der Waals surface area contributed by atoms with Gasteiger partial charge in [-0.05, 0) is 55.9 Å². The van der Waals surface area contributed by atoms with Gasteiger partial charge in [-0.2, -0.15) is 13.2 Å². The van der Waals surface area contributed by atoms with Crippen molar-refractivity contribution in [3.8, 4) is 0 Å². The van der Waals surface area contributed by atoms with Crippen molar-refractivity contribution >= 4 is 51.6 Å². The summed E-state index contributed by atoms with van der Waals surface area (Å²) in [6.07, 6.45) is -2.22. The predicted octanol–water partition coefficient (Wildman–Crippen LogP) is 5.51. The maximum absolute atomic E-state index is 13.0. The van der Waals surface area contributed by atoms with Gasteiger partial charge in [0.05, 0.1) is 28.7 Å². The summed E-state index contributed by atoms with van der Waals surface area (Å²) in [5.74, 6) is -1.01. The van der Waals surface area contributed by atoms with Gasteiger partial charge in [-0.1, -0.05) is 6.92 Å². The highest BCUT2D eigenvalue weighted by atomic mass is 32.2. The van der Waals surface area contributed by atoms with Crippen LogP contribution in [0.1, 0.15) is 53.1 Å². The second-order valence-electron chi connectivity index (χ2n) is 8.33. The smallest absolute Gasteiger partial charge is 0.416 e. The molecule has 1 aromatic carbocycles. The van der Waals surface area contributed by atoms with Gasteiger partial charge in [-0.25, -0.2) is 4.79 Å². The molecule has 6 nitrogen and oxygen atoms in total. The zero-order valence-electron chi connectivity index (χ0n) is 18.5. The van der Waals surface area contributed by atoms with E-state index in [1.54, 1.807) is 6.92 Å². The first-order valence-electron chi connectivity index (χ1n) is 10.9. The summed E-state index contributed by atoms with van der Waals surface area (Å²) in [5.41, 5.74) is 0.515. The highest BCUT2D eigenvalue weighted by Crippen LogP contribution is 2.42. The number of nitrogens with one attached hydrogen (secondary N) is 2. The highest BCUT2D eigenvalue weighted by Gasteiger charge is 2.35. The number of anilines is 2. The minimum Gasteiger partial charge on any atom is -0.462 e. The van der Waals surface area contributed by atoms with Crippen molar-refractivity contribution in [3.63, 3.8) is 0 Å². The molecule has 0 saturated heterocycles. The summed E-state index contributed by atoms with van der Waals surface area (Å²) in [4.78, 5) is 39.5. The fourth-order valence-corrected chi connectivity index (χ4v) is 6.57. The first kappa shape index (κ1) is 24.6. The Labute approximate surface area is 202 Å². The van der Waals surface area contributed by atoms with Crippen LogP contribution in [0.15, 0.2) is 23.1 Å². The summed E-state index contributed by atoms with van der Waals surface area (Å²) >= 11 is 2.40. The molecule has 0 unspecified atom stereocenters. The molecule has 1 aliphatic carbocycles. The Morgan fingerprint density at radius 3 is 2.76 bits per heavy atom. The number of thiophene rings is 1. The van der Waals surface area contributed by atoms with E-state index in [9.17, 15) is 27.6 Å². The molecule has 0 saturated carbocycles. The lowest BCUT2D eigenvalue weighted by Crippen LogP contribution is -2.32. The summed E-state index contributed by atoms with van der Waals surface area (Å²) in [7, 11) is 0. The quantitative estimate of drug-likeness (QED) is 0.516. The van der Waals surface area contributed by atoms with Crippen LogP contribution in [0.25, 0.3) is 0 Å². The Kier molecular flexibility index (Phi) is 6.95. The van der Waals surface area contributed by atoms with E-state index in [2.05, 4.69) is 17.6 Å². The molecule has 2 amide bonds. The van der Waals surface area contributed by atoms with Gasteiger partial charge in [0, 0.05) is 16.2 Å². The number of alkyl halides is 3. The maximum Gasteiger partial charge on any atom is 0.416 e. The third kappa shape index (κ3) is 5.10. The molecule has 11 heteroatoms. The lowest BCUT2D eigenvalue weighted by atomic mass is 9.88. The number of carbonyl (C=O) groups is 3.